The first-order valence-electron chi connectivity index (χ1n) is 9.84. The third-order valence-corrected chi connectivity index (χ3v) is 5.75. The summed E-state index contributed by atoms with van der Waals surface area (Å²) in [6.45, 7) is 9.81. The van der Waals surface area contributed by atoms with Crippen molar-refractivity contribution in [1.29, 1.82) is 0 Å². The summed E-state index contributed by atoms with van der Waals surface area (Å²) >= 11 is 0. The highest BCUT2D eigenvalue weighted by Crippen LogP contribution is 2.31. The summed E-state index contributed by atoms with van der Waals surface area (Å²) in [4.78, 5) is 12.1. The van der Waals surface area contributed by atoms with Crippen molar-refractivity contribution in [1.82, 2.24) is 10.0 Å². The lowest BCUT2D eigenvalue weighted by Crippen LogP contribution is -2.28. The maximum atomic E-state index is 14.1. The number of amides is 1. The molecule has 2 aromatic carbocycles. The fourth-order valence-electron chi connectivity index (χ4n) is 2.80. The molecule has 2 aromatic rings. The average molecular weight is 451 g/mol. The van der Waals surface area contributed by atoms with E-state index in [0.29, 0.717) is 24.7 Å². The van der Waals surface area contributed by atoms with Gasteiger partial charge in [0.05, 0.1) is 19.3 Å². The number of hydrogen-bond donors (Lipinski definition) is 2. The highest BCUT2D eigenvalue weighted by Gasteiger charge is 2.21. The molecule has 9 heteroatoms. The minimum absolute atomic E-state index is 0.0168. The van der Waals surface area contributed by atoms with Crippen LogP contribution in [0, 0.1) is 5.82 Å². The largest absolute Gasteiger partial charge is 0.490 e. The van der Waals surface area contributed by atoms with Gasteiger partial charge >= 0.3 is 0 Å². The van der Waals surface area contributed by atoms with E-state index in [4.69, 9.17) is 9.47 Å². The van der Waals surface area contributed by atoms with Crippen LogP contribution in [-0.4, -0.2) is 34.1 Å². The average Bonchev–Trinajstić information content (AvgIpc) is 2.74. The van der Waals surface area contributed by atoms with Crippen molar-refractivity contribution in [3.8, 4) is 11.5 Å². The van der Waals surface area contributed by atoms with Gasteiger partial charge in [0.25, 0.3) is 5.91 Å². The zero-order valence-electron chi connectivity index (χ0n) is 17.8. The van der Waals surface area contributed by atoms with Gasteiger partial charge in [-0.25, -0.2) is 17.5 Å². The van der Waals surface area contributed by atoms with Crippen LogP contribution in [0.15, 0.2) is 53.9 Å². The summed E-state index contributed by atoms with van der Waals surface area (Å²) in [5.74, 6) is -0.327. The molecule has 0 bridgehead atoms. The van der Waals surface area contributed by atoms with E-state index >= 15 is 0 Å². The number of rotatable bonds is 11. The van der Waals surface area contributed by atoms with E-state index in [1.807, 2.05) is 13.8 Å². The van der Waals surface area contributed by atoms with Gasteiger partial charge in [0.1, 0.15) is 10.7 Å². The molecular formula is C22H27FN2O5S. The number of nitrogens with one attached hydrogen (secondary N) is 2. The Hall–Kier alpha value is -2.91. The third kappa shape index (κ3) is 6.28. The van der Waals surface area contributed by atoms with Crippen LogP contribution in [0.1, 0.15) is 42.7 Å². The summed E-state index contributed by atoms with van der Waals surface area (Å²) < 4.78 is 52.0. The van der Waals surface area contributed by atoms with E-state index in [-0.39, 0.29) is 12.1 Å². The van der Waals surface area contributed by atoms with E-state index in [2.05, 4.69) is 16.6 Å². The zero-order valence-corrected chi connectivity index (χ0v) is 18.6. The summed E-state index contributed by atoms with van der Waals surface area (Å²) in [5.41, 5.74) is 0.783. The summed E-state index contributed by atoms with van der Waals surface area (Å²) in [6.07, 6.45) is 1.33. The van der Waals surface area contributed by atoms with Crippen LogP contribution in [0.5, 0.6) is 11.5 Å². The molecule has 7 nitrogen and oxygen atoms in total. The highest BCUT2D eigenvalue weighted by molar-refractivity contribution is 7.89. The lowest BCUT2D eigenvalue weighted by atomic mass is 10.1. The molecule has 0 heterocycles. The van der Waals surface area contributed by atoms with Crippen LogP contribution >= 0.6 is 0 Å². The Morgan fingerprint density at radius 3 is 2.45 bits per heavy atom. The predicted molar refractivity (Wildman–Crippen MR) is 116 cm³/mol. The number of hydrogen-bond acceptors (Lipinski definition) is 5. The molecule has 0 spiro atoms. The number of sulfonamides is 1. The van der Waals surface area contributed by atoms with E-state index in [0.717, 1.165) is 17.7 Å². The Morgan fingerprint density at radius 1 is 1.13 bits per heavy atom. The molecule has 0 radical (unpaired) electrons. The number of halogens is 1. The Balaban J connectivity index is 2.24. The zero-order chi connectivity index (χ0) is 23.0. The number of carbonyl (C=O) groups is 1. The molecule has 1 unspecified atom stereocenters. The molecule has 0 aliphatic carbocycles. The summed E-state index contributed by atoms with van der Waals surface area (Å²) in [6, 6.07) is 8.11. The first-order chi connectivity index (χ1) is 14.7. The monoisotopic (exact) mass is 450 g/mol. The van der Waals surface area contributed by atoms with E-state index in [9.17, 15) is 17.6 Å². The normalized spacial score (nSPS) is 12.1. The quantitative estimate of drug-likeness (QED) is 0.511. The third-order valence-electron chi connectivity index (χ3n) is 4.32. The Labute approximate surface area is 182 Å². The molecule has 0 saturated carbocycles. The van der Waals surface area contributed by atoms with Gasteiger partial charge in [-0.15, -0.1) is 6.58 Å². The molecule has 1 amide bonds. The van der Waals surface area contributed by atoms with Gasteiger partial charge in [0.2, 0.25) is 10.0 Å². The molecule has 0 saturated heterocycles. The fraction of sp³-hybridized carbons (Fsp3) is 0.318. The fourth-order valence-corrected chi connectivity index (χ4v) is 3.90. The maximum Gasteiger partial charge on any atom is 0.251 e. The molecular weight excluding hydrogens is 423 g/mol. The van der Waals surface area contributed by atoms with Crippen LogP contribution < -0.4 is 19.5 Å². The number of ether oxygens (including phenoxy) is 2. The van der Waals surface area contributed by atoms with Crippen LogP contribution in [0.4, 0.5) is 4.39 Å². The molecule has 0 aliphatic rings. The molecule has 0 aliphatic heterocycles. The van der Waals surface area contributed by atoms with Crippen molar-refractivity contribution in [3.63, 3.8) is 0 Å². The molecule has 0 aromatic heterocycles. The minimum atomic E-state index is -4.12. The molecule has 1 atom stereocenters. The Kier molecular flexibility index (Phi) is 8.58. The van der Waals surface area contributed by atoms with Crippen molar-refractivity contribution in [3.05, 3.63) is 66.0 Å². The van der Waals surface area contributed by atoms with Crippen LogP contribution in [-0.2, 0) is 10.0 Å². The first-order valence-corrected chi connectivity index (χ1v) is 11.3. The van der Waals surface area contributed by atoms with Gasteiger partial charge < -0.3 is 14.8 Å². The van der Waals surface area contributed by atoms with Gasteiger partial charge in [0, 0.05) is 12.1 Å². The van der Waals surface area contributed by atoms with Gasteiger partial charge in [-0.1, -0.05) is 12.1 Å². The Bertz CT molecular complexity index is 1040. The minimum Gasteiger partial charge on any atom is -0.490 e. The first kappa shape index (κ1) is 24.4. The van der Waals surface area contributed by atoms with Crippen molar-refractivity contribution in [2.75, 3.05) is 19.8 Å². The summed E-state index contributed by atoms with van der Waals surface area (Å²) in [5, 5.41) is 2.79. The predicted octanol–water partition coefficient (Wildman–Crippen LogP) is 3.58. The molecule has 2 rings (SSSR count). The van der Waals surface area contributed by atoms with Crippen LogP contribution in [0.25, 0.3) is 0 Å². The van der Waals surface area contributed by atoms with Gasteiger partial charge in [-0.05, 0) is 56.7 Å². The molecule has 0 fully saturated rings. The second kappa shape index (κ2) is 10.9. The van der Waals surface area contributed by atoms with Crippen molar-refractivity contribution < 1.29 is 27.1 Å². The lowest BCUT2D eigenvalue weighted by Gasteiger charge is -2.18. The van der Waals surface area contributed by atoms with E-state index < -0.39 is 32.7 Å². The van der Waals surface area contributed by atoms with Crippen molar-refractivity contribution in [2.45, 2.75) is 31.7 Å². The maximum absolute atomic E-state index is 14.1. The van der Waals surface area contributed by atoms with Crippen LogP contribution in [0.3, 0.4) is 0 Å². The van der Waals surface area contributed by atoms with Crippen molar-refractivity contribution in [2.24, 2.45) is 0 Å². The second-order valence-electron chi connectivity index (χ2n) is 6.55. The van der Waals surface area contributed by atoms with Gasteiger partial charge in [-0.3, -0.25) is 4.79 Å². The second-order valence-corrected chi connectivity index (χ2v) is 8.29. The highest BCUT2D eigenvalue weighted by atomic mass is 32.2. The van der Waals surface area contributed by atoms with Crippen molar-refractivity contribution >= 4 is 15.9 Å². The van der Waals surface area contributed by atoms with E-state index in [1.165, 1.54) is 12.1 Å². The number of carbonyl (C=O) groups excluding carboxylic acids is 1. The Morgan fingerprint density at radius 2 is 1.81 bits per heavy atom. The SMILES string of the molecule is C=CCNS(=O)(=O)c1cc(C(=O)NC(C)c2ccc(OCC)c(OCC)c2)ccc1F. The van der Waals surface area contributed by atoms with Gasteiger partial charge in [0.15, 0.2) is 11.5 Å². The molecule has 31 heavy (non-hydrogen) atoms. The number of benzene rings is 2. The molecule has 2 N–H and O–H groups in total. The van der Waals surface area contributed by atoms with Crippen LogP contribution in [0.2, 0.25) is 0 Å². The van der Waals surface area contributed by atoms with Gasteiger partial charge in [-0.2, -0.15) is 0 Å². The molecule has 168 valence electrons. The summed E-state index contributed by atoms with van der Waals surface area (Å²) in [7, 11) is -4.12. The smallest absolute Gasteiger partial charge is 0.251 e. The standard InChI is InChI=1S/C22H27FN2O5S/c1-5-12-24-31(27,28)21-14-17(8-10-18(21)23)22(26)25-15(4)16-9-11-19(29-6-2)20(13-16)30-7-3/h5,8-11,13-15,24H,1,6-7,12H2,2-4H3,(H,25,26). The lowest BCUT2D eigenvalue weighted by molar-refractivity contribution is 0.0939. The topological polar surface area (TPSA) is 93.7 Å². The van der Waals surface area contributed by atoms with E-state index in [1.54, 1.807) is 25.1 Å².